The number of anilines is 1. The number of carbonyl (C=O) groups is 1. The molecule has 1 heterocycles. The zero-order valence-corrected chi connectivity index (χ0v) is 16.7. The molecule has 0 aliphatic heterocycles. The largest absolute Gasteiger partial charge is 0.456 e. The lowest BCUT2D eigenvalue weighted by Gasteiger charge is -2.28. The van der Waals surface area contributed by atoms with Gasteiger partial charge in [0.1, 0.15) is 29.1 Å². The molecule has 1 fully saturated rings. The third-order valence-electron chi connectivity index (χ3n) is 4.84. The van der Waals surface area contributed by atoms with Crippen molar-refractivity contribution in [2.24, 2.45) is 0 Å². The van der Waals surface area contributed by atoms with Gasteiger partial charge < -0.3 is 15.6 Å². The van der Waals surface area contributed by atoms with Gasteiger partial charge in [0.2, 0.25) is 0 Å². The molecule has 3 rings (SSSR count). The smallest absolute Gasteiger partial charge is 0.341 e. The lowest BCUT2D eigenvalue weighted by Crippen LogP contribution is -2.30. The summed E-state index contributed by atoms with van der Waals surface area (Å²) in [5, 5.41) is 9.58. The number of aliphatic hydroxyl groups excluding tert-OH is 1. The second kappa shape index (κ2) is 8.02. The maximum Gasteiger partial charge on any atom is 0.341 e. The van der Waals surface area contributed by atoms with Gasteiger partial charge in [0.25, 0.3) is 0 Å². The highest BCUT2D eigenvalue weighted by Gasteiger charge is 2.31. The van der Waals surface area contributed by atoms with Crippen LogP contribution < -0.4 is 5.73 Å². The summed E-state index contributed by atoms with van der Waals surface area (Å²) in [5.41, 5.74) is 6.16. The molecule has 0 unspecified atom stereocenters. The Labute approximate surface area is 168 Å². The van der Waals surface area contributed by atoms with E-state index in [4.69, 9.17) is 10.5 Å². The van der Waals surface area contributed by atoms with Crippen LogP contribution in [0.15, 0.2) is 24.4 Å². The van der Waals surface area contributed by atoms with Gasteiger partial charge in [-0.05, 0) is 52.2 Å². The van der Waals surface area contributed by atoms with Crippen LogP contribution in [0.4, 0.5) is 14.6 Å². The van der Waals surface area contributed by atoms with Crippen molar-refractivity contribution >= 4 is 11.8 Å². The fraction of sp³-hybridized carbons (Fsp3) is 0.476. The SMILES string of the molecule is CC(C)(C)OC(=O)c1ccc(-c2nc([C@@H]3CC[C@@H](O)[C@@H](F)C3)cnc2N)cc1F. The molecule has 0 bridgehead atoms. The van der Waals surface area contributed by atoms with Crippen molar-refractivity contribution in [3.05, 3.63) is 41.5 Å². The monoisotopic (exact) mass is 405 g/mol. The minimum absolute atomic E-state index is 0.103. The molecule has 0 spiro atoms. The number of benzene rings is 1. The van der Waals surface area contributed by atoms with Gasteiger partial charge >= 0.3 is 5.97 Å². The van der Waals surface area contributed by atoms with Crippen molar-refractivity contribution in [1.82, 2.24) is 9.97 Å². The summed E-state index contributed by atoms with van der Waals surface area (Å²) in [4.78, 5) is 20.8. The molecular weight excluding hydrogens is 380 g/mol. The number of aromatic nitrogens is 2. The molecule has 6 nitrogen and oxygen atoms in total. The summed E-state index contributed by atoms with van der Waals surface area (Å²) < 4.78 is 33.7. The minimum Gasteiger partial charge on any atom is -0.456 e. The number of carbonyl (C=O) groups excluding carboxylic acids is 1. The second-order valence-corrected chi connectivity index (χ2v) is 8.32. The number of nitrogens with two attached hydrogens (primary N) is 1. The van der Waals surface area contributed by atoms with Crippen LogP contribution in [0.25, 0.3) is 11.3 Å². The summed E-state index contributed by atoms with van der Waals surface area (Å²) in [6.07, 6.45) is 0.270. The van der Waals surface area contributed by atoms with Gasteiger partial charge in [0.05, 0.1) is 23.6 Å². The zero-order valence-electron chi connectivity index (χ0n) is 16.7. The molecule has 156 valence electrons. The number of hydrogen-bond acceptors (Lipinski definition) is 6. The normalized spacial score (nSPS) is 22.3. The van der Waals surface area contributed by atoms with Gasteiger partial charge in [-0.2, -0.15) is 0 Å². The van der Waals surface area contributed by atoms with Crippen LogP contribution in [0.1, 0.15) is 62.0 Å². The van der Waals surface area contributed by atoms with Crippen LogP contribution in [0.5, 0.6) is 0 Å². The molecule has 29 heavy (non-hydrogen) atoms. The third kappa shape index (κ3) is 4.87. The summed E-state index contributed by atoms with van der Waals surface area (Å²) in [6.45, 7) is 5.10. The Balaban J connectivity index is 1.89. The predicted octanol–water partition coefficient (Wildman–Crippen LogP) is 3.79. The lowest BCUT2D eigenvalue weighted by atomic mass is 9.84. The van der Waals surface area contributed by atoms with Crippen LogP contribution in [0.2, 0.25) is 0 Å². The van der Waals surface area contributed by atoms with Crippen molar-refractivity contribution in [2.45, 2.75) is 63.8 Å². The molecule has 0 amide bonds. The van der Waals surface area contributed by atoms with E-state index in [1.165, 1.54) is 18.3 Å². The average Bonchev–Trinajstić information content (AvgIpc) is 2.63. The van der Waals surface area contributed by atoms with Crippen LogP contribution in [0, 0.1) is 5.82 Å². The Bertz CT molecular complexity index is 915. The third-order valence-corrected chi connectivity index (χ3v) is 4.84. The number of alkyl halides is 1. The number of ether oxygens (including phenoxy) is 1. The van der Waals surface area contributed by atoms with Crippen LogP contribution >= 0.6 is 0 Å². The van der Waals surface area contributed by atoms with Gasteiger partial charge in [0.15, 0.2) is 0 Å². The molecule has 3 atom stereocenters. The fourth-order valence-corrected chi connectivity index (χ4v) is 3.35. The van der Waals surface area contributed by atoms with E-state index in [-0.39, 0.29) is 29.4 Å². The number of aliphatic hydroxyl groups is 1. The molecule has 0 saturated heterocycles. The van der Waals surface area contributed by atoms with Gasteiger partial charge in [-0.3, -0.25) is 0 Å². The van der Waals surface area contributed by atoms with Crippen molar-refractivity contribution in [1.29, 1.82) is 0 Å². The molecule has 8 heteroatoms. The second-order valence-electron chi connectivity index (χ2n) is 8.32. The molecule has 1 aromatic carbocycles. The van der Waals surface area contributed by atoms with E-state index in [2.05, 4.69) is 9.97 Å². The standard InChI is InChI=1S/C21H25F2N3O3/c1-21(2,3)29-20(28)13-6-4-12(9-14(13)22)18-19(24)25-10-16(26-18)11-5-7-17(27)15(23)8-11/h4,6,9-11,15,17,27H,5,7-8H2,1-3H3,(H2,24,25)/t11-,15+,17-/m1/s1. The Morgan fingerprint density at radius 1 is 1.31 bits per heavy atom. The van der Waals surface area contributed by atoms with E-state index < -0.39 is 29.7 Å². The van der Waals surface area contributed by atoms with E-state index in [1.807, 2.05) is 0 Å². The summed E-state index contributed by atoms with van der Waals surface area (Å²) in [6, 6.07) is 4.00. The molecule has 1 aromatic heterocycles. The van der Waals surface area contributed by atoms with E-state index in [9.17, 15) is 18.7 Å². The maximum absolute atomic E-state index is 14.6. The number of hydrogen-bond donors (Lipinski definition) is 2. The number of nitrogen functional groups attached to an aromatic ring is 1. The number of rotatable bonds is 3. The summed E-state index contributed by atoms with van der Waals surface area (Å²) >= 11 is 0. The van der Waals surface area contributed by atoms with Crippen molar-refractivity contribution in [2.75, 3.05) is 5.73 Å². The van der Waals surface area contributed by atoms with E-state index in [0.29, 0.717) is 24.1 Å². The Kier molecular flexibility index (Phi) is 5.84. The van der Waals surface area contributed by atoms with E-state index >= 15 is 0 Å². The number of halogens is 2. The molecule has 3 N–H and O–H groups in total. The molecule has 1 aliphatic carbocycles. The van der Waals surface area contributed by atoms with Gasteiger partial charge in [-0.15, -0.1) is 0 Å². The van der Waals surface area contributed by atoms with Crippen LogP contribution in [-0.4, -0.2) is 38.9 Å². The molecule has 1 aliphatic rings. The summed E-state index contributed by atoms with van der Waals surface area (Å²) in [7, 11) is 0. The fourth-order valence-electron chi connectivity index (χ4n) is 3.35. The quantitative estimate of drug-likeness (QED) is 0.754. The Morgan fingerprint density at radius 2 is 2.03 bits per heavy atom. The minimum atomic E-state index is -1.32. The van der Waals surface area contributed by atoms with Gasteiger partial charge in [-0.1, -0.05) is 6.07 Å². The number of esters is 1. The lowest BCUT2D eigenvalue weighted by molar-refractivity contribution is 0.00647. The Hall–Kier alpha value is -2.61. The maximum atomic E-state index is 14.6. The number of nitrogens with zero attached hydrogens (tertiary/aromatic N) is 2. The molecular formula is C21H25F2N3O3. The van der Waals surface area contributed by atoms with Gasteiger partial charge in [0, 0.05) is 11.5 Å². The van der Waals surface area contributed by atoms with Crippen LogP contribution in [-0.2, 0) is 4.74 Å². The van der Waals surface area contributed by atoms with Crippen molar-refractivity contribution in [3.8, 4) is 11.3 Å². The highest BCUT2D eigenvalue weighted by atomic mass is 19.1. The van der Waals surface area contributed by atoms with Gasteiger partial charge in [-0.25, -0.2) is 23.5 Å². The first-order valence-electron chi connectivity index (χ1n) is 9.53. The van der Waals surface area contributed by atoms with Crippen LogP contribution in [0.3, 0.4) is 0 Å². The molecule has 2 aromatic rings. The highest BCUT2D eigenvalue weighted by Crippen LogP contribution is 2.35. The topological polar surface area (TPSA) is 98.3 Å². The van der Waals surface area contributed by atoms with E-state index in [0.717, 1.165) is 6.07 Å². The first-order valence-corrected chi connectivity index (χ1v) is 9.53. The molecule has 1 saturated carbocycles. The zero-order chi connectivity index (χ0) is 21.3. The first-order chi connectivity index (χ1) is 13.5. The van der Waals surface area contributed by atoms with Crippen molar-refractivity contribution in [3.63, 3.8) is 0 Å². The summed E-state index contributed by atoms with van der Waals surface area (Å²) in [5.74, 6) is -1.62. The predicted molar refractivity (Wildman–Crippen MR) is 105 cm³/mol. The van der Waals surface area contributed by atoms with E-state index in [1.54, 1.807) is 20.8 Å². The Morgan fingerprint density at radius 3 is 2.66 bits per heavy atom. The average molecular weight is 405 g/mol. The molecule has 0 radical (unpaired) electrons. The highest BCUT2D eigenvalue weighted by molar-refractivity contribution is 5.90. The van der Waals surface area contributed by atoms with Crippen molar-refractivity contribution < 1.29 is 23.4 Å². The first kappa shape index (κ1) is 21.1.